The second-order valence-electron chi connectivity index (χ2n) is 5.06. The first kappa shape index (κ1) is 14.7. The Labute approximate surface area is 132 Å². The molecule has 0 atom stereocenters. The molecule has 0 N–H and O–H groups in total. The molecule has 0 aliphatic rings. The SMILES string of the molecule is Cc1ccc(-n2nnnc2SCc2ccc(F)cc2)cc1C. The maximum Gasteiger partial charge on any atom is 0.214 e. The normalized spacial score (nSPS) is 10.9. The van der Waals surface area contributed by atoms with Gasteiger partial charge in [0.25, 0.3) is 0 Å². The van der Waals surface area contributed by atoms with E-state index in [2.05, 4.69) is 41.5 Å². The summed E-state index contributed by atoms with van der Waals surface area (Å²) in [7, 11) is 0. The third kappa shape index (κ3) is 3.17. The van der Waals surface area contributed by atoms with Crippen LogP contribution in [0.3, 0.4) is 0 Å². The van der Waals surface area contributed by atoms with Crippen molar-refractivity contribution >= 4 is 11.8 Å². The highest BCUT2D eigenvalue weighted by Gasteiger charge is 2.10. The topological polar surface area (TPSA) is 43.6 Å². The number of benzene rings is 2. The lowest BCUT2D eigenvalue weighted by Crippen LogP contribution is -2.00. The van der Waals surface area contributed by atoms with E-state index in [1.165, 1.54) is 35.0 Å². The summed E-state index contributed by atoms with van der Waals surface area (Å²) in [4.78, 5) is 0. The number of aromatic nitrogens is 4. The molecule has 0 unspecified atom stereocenters. The van der Waals surface area contributed by atoms with Gasteiger partial charge in [0, 0.05) is 5.75 Å². The Bertz CT molecular complexity index is 783. The molecule has 0 fully saturated rings. The van der Waals surface area contributed by atoms with Crippen molar-refractivity contribution in [1.82, 2.24) is 20.2 Å². The molecular formula is C16H15FN4S. The van der Waals surface area contributed by atoms with Gasteiger partial charge in [-0.1, -0.05) is 30.0 Å². The molecule has 3 aromatic rings. The zero-order valence-electron chi connectivity index (χ0n) is 12.3. The maximum absolute atomic E-state index is 12.9. The van der Waals surface area contributed by atoms with Crippen LogP contribution in [0.5, 0.6) is 0 Å². The van der Waals surface area contributed by atoms with E-state index in [-0.39, 0.29) is 5.82 Å². The fraction of sp³-hybridized carbons (Fsp3) is 0.188. The van der Waals surface area contributed by atoms with E-state index >= 15 is 0 Å². The Hall–Kier alpha value is -2.21. The van der Waals surface area contributed by atoms with Crippen LogP contribution in [0.15, 0.2) is 47.6 Å². The molecule has 112 valence electrons. The molecule has 0 saturated carbocycles. The quantitative estimate of drug-likeness (QED) is 0.689. The number of nitrogens with zero attached hydrogens (tertiary/aromatic N) is 4. The van der Waals surface area contributed by atoms with E-state index in [0.29, 0.717) is 10.9 Å². The van der Waals surface area contributed by atoms with E-state index in [4.69, 9.17) is 0 Å². The van der Waals surface area contributed by atoms with E-state index in [1.807, 2.05) is 6.07 Å². The van der Waals surface area contributed by atoms with Gasteiger partial charge in [0.05, 0.1) is 5.69 Å². The number of halogens is 1. The standard InChI is InChI=1S/C16H15FN4S/c1-11-3-8-15(9-12(11)2)21-16(18-19-20-21)22-10-13-4-6-14(17)7-5-13/h3-9H,10H2,1-2H3. The fourth-order valence-electron chi connectivity index (χ4n) is 2.02. The second-order valence-corrected chi connectivity index (χ2v) is 6.00. The van der Waals surface area contributed by atoms with Crippen molar-refractivity contribution < 1.29 is 4.39 Å². The third-order valence-corrected chi connectivity index (χ3v) is 4.45. The molecule has 22 heavy (non-hydrogen) atoms. The minimum absolute atomic E-state index is 0.228. The minimum atomic E-state index is -0.228. The van der Waals surface area contributed by atoms with Gasteiger partial charge in [-0.05, 0) is 65.2 Å². The van der Waals surface area contributed by atoms with Crippen LogP contribution in [0.4, 0.5) is 4.39 Å². The van der Waals surface area contributed by atoms with E-state index < -0.39 is 0 Å². The first-order chi connectivity index (χ1) is 10.6. The summed E-state index contributed by atoms with van der Waals surface area (Å²) in [6.45, 7) is 4.14. The van der Waals surface area contributed by atoms with Crippen LogP contribution < -0.4 is 0 Å². The Kier molecular flexibility index (Phi) is 4.20. The Morgan fingerprint density at radius 2 is 1.82 bits per heavy atom. The number of tetrazole rings is 1. The first-order valence-electron chi connectivity index (χ1n) is 6.87. The highest BCUT2D eigenvalue weighted by Crippen LogP contribution is 2.23. The number of thioether (sulfide) groups is 1. The van der Waals surface area contributed by atoms with Crippen LogP contribution >= 0.6 is 11.8 Å². The molecule has 6 heteroatoms. The molecule has 1 aromatic heterocycles. The van der Waals surface area contributed by atoms with Gasteiger partial charge in [-0.15, -0.1) is 5.10 Å². The molecular weight excluding hydrogens is 299 g/mol. The molecule has 0 aliphatic heterocycles. The average molecular weight is 314 g/mol. The van der Waals surface area contributed by atoms with Crippen LogP contribution in [0.1, 0.15) is 16.7 Å². The highest BCUT2D eigenvalue weighted by molar-refractivity contribution is 7.98. The first-order valence-corrected chi connectivity index (χ1v) is 7.85. The van der Waals surface area contributed by atoms with Gasteiger partial charge in [0.15, 0.2) is 0 Å². The second kappa shape index (κ2) is 6.27. The van der Waals surface area contributed by atoms with Crippen LogP contribution in [-0.4, -0.2) is 20.2 Å². The van der Waals surface area contributed by atoms with Crippen LogP contribution in [-0.2, 0) is 5.75 Å². The zero-order chi connectivity index (χ0) is 15.5. The summed E-state index contributed by atoms with van der Waals surface area (Å²) in [5.41, 5.74) is 4.40. The summed E-state index contributed by atoms with van der Waals surface area (Å²) in [5.74, 6) is 0.458. The molecule has 1 heterocycles. The van der Waals surface area contributed by atoms with Gasteiger partial charge in [0.1, 0.15) is 5.82 Å². The van der Waals surface area contributed by atoms with E-state index in [1.54, 1.807) is 16.8 Å². The smallest absolute Gasteiger partial charge is 0.207 e. The summed E-state index contributed by atoms with van der Waals surface area (Å²) in [6.07, 6.45) is 0. The van der Waals surface area contributed by atoms with E-state index in [9.17, 15) is 4.39 Å². The van der Waals surface area contributed by atoms with Crippen molar-refractivity contribution in [3.05, 3.63) is 65.0 Å². The predicted molar refractivity (Wildman–Crippen MR) is 84.6 cm³/mol. The molecule has 0 aliphatic carbocycles. The molecule has 0 radical (unpaired) electrons. The van der Waals surface area contributed by atoms with Gasteiger partial charge in [0.2, 0.25) is 5.16 Å². The van der Waals surface area contributed by atoms with Crippen molar-refractivity contribution in [3.8, 4) is 5.69 Å². The highest BCUT2D eigenvalue weighted by atomic mass is 32.2. The largest absolute Gasteiger partial charge is 0.214 e. The fourth-order valence-corrected chi connectivity index (χ4v) is 2.86. The summed E-state index contributed by atoms with van der Waals surface area (Å²) in [5, 5.41) is 12.6. The van der Waals surface area contributed by atoms with Crippen molar-refractivity contribution in [1.29, 1.82) is 0 Å². The Morgan fingerprint density at radius 3 is 2.55 bits per heavy atom. The summed E-state index contributed by atoms with van der Waals surface area (Å²) in [6, 6.07) is 12.6. The summed E-state index contributed by atoms with van der Waals surface area (Å²) >= 11 is 1.52. The molecule has 0 saturated heterocycles. The van der Waals surface area contributed by atoms with Crippen LogP contribution in [0, 0.1) is 19.7 Å². The lowest BCUT2D eigenvalue weighted by atomic mass is 10.1. The molecule has 2 aromatic carbocycles. The average Bonchev–Trinajstić information content (AvgIpc) is 2.98. The van der Waals surface area contributed by atoms with Crippen molar-refractivity contribution in [2.45, 2.75) is 24.8 Å². The lowest BCUT2D eigenvalue weighted by Gasteiger charge is -2.07. The van der Waals surface area contributed by atoms with Crippen LogP contribution in [0.25, 0.3) is 5.69 Å². The van der Waals surface area contributed by atoms with Gasteiger partial charge in [-0.3, -0.25) is 0 Å². The number of rotatable bonds is 4. The van der Waals surface area contributed by atoms with Gasteiger partial charge in [-0.25, -0.2) is 4.39 Å². The Morgan fingerprint density at radius 1 is 1.05 bits per heavy atom. The monoisotopic (exact) mass is 314 g/mol. The number of hydrogen-bond donors (Lipinski definition) is 0. The number of aryl methyl sites for hydroxylation is 2. The molecule has 0 bridgehead atoms. The third-order valence-electron chi connectivity index (χ3n) is 3.46. The van der Waals surface area contributed by atoms with E-state index in [0.717, 1.165) is 11.3 Å². The molecule has 3 rings (SSSR count). The summed E-state index contributed by atoms with van der Waals surface area (Å²) < 4.78 is 14.6. The molecule has 0 spiro atoms. The number of hydrogen-bond acceptors (Lipinski definition) is 4. The minimum Gasteiger partial charge on any atom is -0.207 e. The van der Waals surface area contributed by atoms with Crippen molar-refractivity contribution in [2.75, 3.05) is 0 Å². The molecule has 0 amide bonds. The van der Waals surface area contributed by atoms with Crippen LogP contribution in [0.2, 0.25) is 0 Å². The molecule has 4 nitrogen and oxygen atoms in total. The van der Waals surface area contributed by atoms with Crippen molar-refractivity contribution in [3.63, 3.8) is 0 Å². The predicted octanol–water partition coefficient (Wildman–Crippen LogP) is 3.71. The Balaban J connectivity index is 1.79. The zero-order valence-corrected chi connectivity index (χ0v) is 13.1. The maximum atomic E-state index is 12.9. The lowest BCUT2D eigenvalue weighted by molar-refractivity contribution is 0.627. The van der Waals surface area contributed by atoms with Gasteiger partial charge < -0.3 is 0 Å². The van der Waals surface area contributed by atoms with Crippen molar-refractivity contribution in [2.24, 2.45) is 0 Å². The van der Waals surface area contributed by atoms with Gasteiger partial charge in [-0.2, -0.15) is 4.68 Å². The van der Waals surface area contributed by atoms with Gasteiger partial charge >= 0.3 is 0 Å².